The molecule has 2 aromatic carbocycles. The van der Waals surface area contributed by atoms with E-state index in [1.165, 1.54) is 12.1 Å². The number of likely N-dealkylation sites (tertiary alicyclic amines) is 1. The molecule has 1 heterocycles. The zero-order valence-electron chi connectivity index (χ0n) is 22.1. The van der Waals surface area contributed by atoms with Crippen LogP contribution >= 0.6 is 0 Å². The van der Waals surface area contributed by atoms with Gasteiger partial charge in [0.2, 0.25) is 0 Å². The van der Waals surface area contributed by atoms with Crippen molar-refractivity contribution in [2.75, 3.05) is 6.54 Å². The number of piperidine rings is 1. The largest absolute Gasteiger partial charge is 0.478 e. The van der Waals surface area contributed by atoms with Gasteiger partial charge in [0.1, 0.15) is 0 Å². The van der Waals surface area contributed by atoms with Crippen LogP contribution in [0.2, 0.25) is 0 Å². The molecule has 2 N–H and O–H groups in total. The highest BCUT2D eigenvalue weighted by Crippen LogP contribution is 2.42. The van der Waals surface area contributed by atoms with Gasteiger partial charge in [-0.05, 0) is 92.3 Å². The summed E-state index contributed by atoms with van der Waals surface area (Å²) >= 11 is 0. The summed E-state index contributed by atoms with van der Waals surface area (Å²) in [6.07, 6.45) is 1.04. The highest BCUT2D eigenvalue weighted by atomic mass is 19.4. The number of fused-ring (bicyclic) bond motifs is 2. The summed E-state index contributed by atoms with van der Waals surface area (Å²) in [5.74, 6) is -1.86. The molecule has 39 heavy (non-hydrogen) atoms. The molecule has 0 radical (unpaired) electrons. The molecule has 5 rings (SSSR count). The van der Waals surface area contributed by atoms with Gasteiger partial charge in [0, 0.05) is 29.8 Å². The molecule has 2 saturated carbocycles. The molecular formula is C30H33F3N2O4. The van der Waals surface area contributed by atoms with Gasteiger partial charge in [0.25, 0.3) is 11.8 Å². The average Bonchev–Trinajstić information content (AvgIpc) is 3.48. The number of carboxylic acid groups (broad SMARTS) is 1. The van der Waals surface area contributed by atoms with Crippen molar-refractivity contribution in [1.82, 2.24) is 10.2 Å². The summed E-state index contributed by atoms with van der Waals surface area (Å²) in [5.41, 5.74) is 1.22. The quantitative estimate of drug-likeness (QED) is 0.478. The molecule has 3 aliphatic rings. The molecule has 1 saturated heterocycles. The van der Waals surface area contributed by atoms with Gasteiger partial charge < -0.3 is 15.3 Å². The lowest BCUT2D eigenvalue weighted by Crippen LogP contribution is -2.47. The van der Waals surface area contributed by atoms with E-state index >= 15 is 0 Å². The van der Waals surface area contributed by atoms with Gasteiger partial charge in [-0.1, -0.05) is 25.3 Å². The van der Waals surface area contributed by atoms with Crippen molar-refractivity contribution >= 4 is 17.8 Å². The van der Waals surface area contributed by atoms with Crippen LogP contribution in [0, 0.1) is 19.8 Å². The molecule has 2 amide bonds. The van der Waals surface area contributed by atoms with Crippen LogP contribution in [0.5, 0.6) is 0 Å². The van der Waals surface area contributed by atoms with Crippen molar-refractivity contribution in [3.05, 3.63) is 69.3 Å². The third kappa shape index (κ3) is 5.28. The maximum Gasteiger partial charge on any atom is 0.416 e. The predicted molar refractivity (Wildman–Crippen MR) is 139 cm³/mol. The summed E-state index contributed by atoms with van der Waals surface area (Å²) in [6, 6.07) is 6.88. The van der Waals surface area contributed by atoms with Crippen molar-refractivity contribution < 1.29 is 32.7 Å². The lowest BCUT2D eigenvalue weighted by molar-refractivity contribution is -0.138. The van der Waals surface area contributed by atoms with Crippen LogP contribution in [0.1, 0.15) is 104 Å². The van der Waals surface area contributed by atoms with Crippen LogP contribution in [0.25, 0.3) is 0 Å². The number of carbonyl (C=O) groups excluding carboxylic acids is 2. The first kappa shape index (κ1) is 27.2. The first-order chi connectivity index (χ1) is 18.4. The maximum atomic E-state index is 14.0. The number of aryl methyl sites for hydroxylation is 2. The number of carbonyl (C=O) groups is 3. The monoisotopic (exact) mass is 542 g/mol. The Hall–Kier alpha value is -3.36. The zero-order chi connectivity index (χ0) is 28.1. The van der Waals surface area contributed by atoms with Crippen LogP contribution in [-0.2, 0) is 6.18 Å². The molecule has 1 aliphatic heterocycles. The van der Waals surface area contributed by atoms with Crippen LogP contribution < -0.4 is 5.32 Å². The van der Waals surface area contributed by atoms with E-state index in [-0.39, 0.29) is 41.0 Å². The Morgan fingerprint density at radius 3 is 2.18 bits per heavy atom. The Kier molecular flexibility index (Phi) is 7.20. The average molecular weight is 543 g/mol. The number of halogens is 3. The molecule has 9 heteroatoms. The highest BCUT2D eigenvalue weighted by molar-refractivity contribution is 5.98. The molecule has 3 atom stereocenters. The molecule has 2 bridgehead atoms. The second kappa shape index (κ2) is 10.3. The molecule has 3 fully saturated rings. The Bertz CT molecular complexity index is 1290. The van der Waals surface area contributed by atoms with Gasteiger partial charge in [-0.2, -0.15) is 13.2 Å². The normalized spacial score (nSPS) is 23.2. The lowest BCUT2D eigenvalue weighted by atomic mass is 9.81. The van der Waals surface area contributed by atoms with Crippen LogP contribution in [0.3, 0.4) is 0 Å². The van der Waals surface area contributed by atoms with E-state index in [0.29, 0.717) is 41.6 Å². The fraction of sp³-hybridized carbons (Fsp3) is 0.500. The van der Waals surface area contributed by atoms with E-state index in [2.05, 4.69) is 5.32 Å². The Morgan fingerprint density at radius 2 is 1.62 bits per heavy atom. The summed E-state index contributed by atoms with van der Waals surface area (Å²) in [6.45, 7) is 3.68. The van der Waals surface area contributed by atoms with Gasteiger partial charge in [-0.3, -0.25) is 9.59 Å². The SMILES string of the molecule is Cc1cc(C(=O)N[C@@H]2C[C@H]3C[C@@H]2CN3C(=O)c2ccc(C3CCCCC3)c(C(F)(F)F)c2)cc(C)c1C(=O)O. The fourth-order valence-corrected chi connectivity index (χ4v) is 6.93. The minimum absolute atomic E-state index is 0.00647. The van der Waals surface area contributed by atoms with Gasteiger partial charge in [0.15, 0.2) is 0 Å². The number of aromatic carboxylic acids is 1. The first-order valence-corrected chi connectivity index (χ1v) is 13.6. The van der Waals surface area contributed by atoms with Crippen LogP contribution in [0.4, 0.5) is 13.2 Å². The van der Waals surface area contributed by atoms with Crippen molar-refractivity contribution in [3.63, 3.8) is 0 Å². The van der Waals surface area contributed by atoms with Crippen molar-refractivity contribution in [2.45, 2.75) is 83.0 Å². The third-order valence-electron chi connectivity index (χ3n) is 8.78. The number of amides is 2. The number of hydrogen-bond acceptors (Lipinski definition) is 3. The van der Waals surface area contributed by atoms with Gasteiger partial charge in [-0.25, -0.2) is 4.79 Å². The molecule has 2 aliphatic carbocycles. The topological polar surface area (TPSA) is 86.7 Å². The number of carboxylic acids is 1. The zero-order valence-corrected chi connectivity index (χ0v) is 22.1. The minimum Gasteiger partial charge on any atom is -0.478 e. The van der Waals surface area contributed by atoms with Crippen molar-refractivity contribution in [3.8, 4) is 0 Å². The summed E-state index contributed by atoms with van der Waals surface area (Å²) in [7, 11) is 0. The number of benzene rings is 2. The van der Waals surface area contributed by atoms with Crippen molar-refractivity contribution in [2.24, 2.45) is 5.92 Å². The second-order valence-electron chi connectivity index (χ2n) is 11.3. The van der Waals surface area contributed by atoms with E-state index in [1.54, 1.807) is 30.9 Å². The maximum absolute atomic E-state index is 14.0. The van der Waals surface area contributed by atoms with E-state index < -0.39 is 23.6 Å². The summed E-state index contributed by atoms with van der Waals surface area (Å²) in [5, 5.41) is 12.4. The Balaban J connectivity index is 1.27. The fourth-order valence-electron chi connectivity index (χ4n) is 6.93. The number of alkyl halides is 3. The smallest absolute Gasteiger partial charge is 0.416 e. The molecule has 2 aromatic rings. The summed E-state index contributed by atoms with van der Waals surface area (Å²) < 4.78 is 42.0. The van der Waals surface area contributed by atoms with E-state index in [4.69, 9.17) is 0 Å². The van der Waals surface area contributed by atoms with Gasteiger partial charge in [0.05, 0.1) is 11.1 Å². The number of nitrogens with one attached hydrogen (secondary N) is 1. The molecule has 0 aromatic heterocycles. The molecule has 0 spiro atoms. The highest BCUT2D eigenvalue weighted by Gasteiger charge is 2.47. The number of nitrogens with zero attached hydrogens (tertiary/aromatic N) is 1. The Morgan fingerprint density at radius 1 is 0.949 bits per heavy atom. The molecule has 208 valence electrons. The molecule has 6 nitrogen and oxygen atoms in total. The number of hydrogen-bond donors (Lipinski definition) is 2. The van der Waals surface area contributed by atoms with Crippen LogP contribution in [-0.4, -0.2) is 46.4 Å². The van der Waals surface area contributed by atoms with E-state index in [1.807, 2.05) is 0 Å². The second-order valence-corrected chi connectivity index (χ2v) is 11.3. The third-order valence-corrected chi connectivity index (χ3v) is 8.78. The van der Waals surface area contributed by atoms with E-state index in [0.717, 1.165) is 38.2 Å². The minimum atomic E-state index is -4.53. The number of rotatable bonds is 5. The first-order valence-electron chi connectivity index (χ1n) is 13.6. The Labute approximate surface area is 225 Å². The predicted octanol–water partition coefficient (Wildman–Crippen LogP) is 6.10. The van der Waals surface area contributed by atoms with Gasteiger partial charge in [-0.15, -0.1) is 0 Å². The summed E-state index contributed by atoms with van der Waals surface area (Å²) in [4.78, 5) is 39.4. The molecule has 0 unspecified atom stereocenters. The van der Waals surface area contributed by atoms with E-state index in [9.17, 15) is 32.7 Å². The lowest BCUT2D eigenvalue weighted by Gasteiger charge is -2.32. The van der Waals surface area contributed by atoms with Gasteiger partial charge >= 0.3 is 12.1 Å². The van der Waals surface area contributed by atoms with Crippen LogP contribution in [0.15, 0.2) is 30.3 Å². The molecular weight excluding hydrogens is 509 g/mol. The standard InChI is InChI=1S/C30H33F3N2O4/c1-16-10-20(11-17(2)26(16)29(38)39)27(36)34-25-14-22-12-21(25)15-35(22)28(37)19-8-9-23(18-6-4-3-5-7-18)24(13-19)30(31,32)33/h8-11,13,18,21-22,25H,3-7,12,14-15H2,1-2H3,(H,34,36)(H,38,39)/t21-,22-,25-/m1/s1. The van der Waals surface area contributed by atoms with Crippen molar-refractivity contribution in [1.29, 1.82) is 0 Å².